The van der Waals surface area contributed by atoms with E-state index in [1.165, 1.54) is 30.5 Å². The average molecular weight is 490 g/mol. The number of hydrogen-bond acceptors (Lipinski definition) is 6. The van der Waals surface area contributed by atoms with Crippen molar-refractivity contribution in [3.63, 3.8) is 0 Å². The van der Waals surface area contributed by atoms with Gasteiger partial charge in [-0.05, 0) is 50.6 Å². The summed E-state index contributed by atoms with van der Waals surface area (Å²) in [6.07, 6.45) is 4.17. The number of halogens is 2. The van der Waals surface area contributed by atoms with E-state index in [9.17, 15) is 14.0 Å². The van der Waals surface area contributed by atoms with Crippen LogP contribution in [0.25, 0.3) is 6.08 Å². The number of carbonyl (C=O) groups is 2. The van der Waals surface area contributed by atoms with Crippen LogP contribution in [-0.2, 0) is 20.9 Å². The van der Waals surface area contributed by atoms with Gasteiger partial charge >= 0.3 is 5.97 Å². The first-order valence-electron chi connectivity index (χ1n) is 11.2. The molecule has 1 saturated heterocycles. The molecule has 9 heteroatoms. The molecule has 2 heterocycles. The van der Waals surface area contributed by atoms with Crippen molar-refractivity contribution in [2.24, 2.45) is 0 Å². The molecule has 0 bridgehead atoms. The number of benzene rings is 1. The zero-order chi connectivity index (χ0) is 24.7. The molecule has 1 aliphatic heterocycles. The number of ether oxygens (including phenoxy) is 2. The first kappa shape index (κ1) is 25.6. The molecule has 1 amide bonds. The molecular formula is C25H29ClFN3O4. The molecule has 2 atom stereocenters. The molecule has 34 heavy (non-hydrogen) atoms. The summed E-state index contributed by atoms with van der Waals surface area (Å²) in [6, 6.07) is 8.19. The van der Waals surface area contributed by atoms with Crippen molar-refractivity contribution in [2.75, 3.05) is 26.3 Å². The highest BCUT2D eigenvalue weighted by molar-refractivity contribution is 6.30. The fraction of sp³-hybridized carbons (Fsp3) is 0.400. The standard InChI is InChI=1S/C25H29ClFN3O4/c1-4-33-24(32)10-7-20-11-21(26)12-28-25(20)34-16-23(31)30-14-17(2)29(13-18(30)3)15-19-5-8-22(27)9-6-19/h5-12,17-18H,4,13-16H2,1-3H3/t17-,18+/m0/s1. The smallest absolute Gasteiger partial charge is 0.330 e. The Kier molecular flexibility index (Phi) is 9.01. The molecule has 182 valence electrons. The second-order valence-electron chi connectivity index (χ2n) is 8.22. The van der Waals surface area contributed by atoms with Crippen molar-refractivity contribution in [2.45, 2.75) is 39.4 Å². The normalized spacial score (nSPS) is 18.8. The Morgan fingerprint density at radius 1 is 1.21 bits per heavy atom. The van der Waals surface area contributed by atoms with Crippen LogP contribution in [0, 0.1) is 5.82 Å². The van der Waals surface area contributed by atoms with Gasteiger partial charge in [-0.15, -0.1) is 0 Å². The highest BCUT2D eigenvalue weighted by Crippen LogP contribution is 2.22. The van der Waals surface area contributed by atoms with Gasteiger partial charge in [0.15, 0.2) is 6.61 Å². The van der Waals surface area contributed by atoms with E-state index in [4.69, 9.17) is 21.1 Å². The number of esters is 1. The van der Waals surface area contributed by atoms with Crippen LogP contribution in [0.3, 0.4) is 0 Å². The summed E-state index contributed by atoms with van der Waals surface area (Å²) >= 11 is 6.03. The van der Waals surface area contributed by atoms with E-state index >= 15 is 0 Å². The third-order valence-corrected chi connectivity index (χ3v) is 5.80. The van der Waals surface area contributed by atoms with Crippen molar-refractivity contribution in [3.05, 3.63) is 64.6 Å². The van der Waals surface area contributed by atoms with Crippen LogP contribution in [-0.4, -0.2) is 65.0 Å². The minimum Gasteiger partial charge on any atom is -0.467 e. The van der Waals surface area contributed by atoms with Crippen LogP contribution in [0.5, 0.6) is 5.88 Å². The Hall–Kier alpha value is -2.97. The zero-order valence-corrected chi connectivity index (χ0v) is 20.3. The maximum absolute atomic E-state index is 13.2. The Morgan fingerprint density at radius 3 is 2.65 bits per heavy atom. The number of nitrogens with zero attached hydrogens (tertiary/aromatic N) is 3. The van der Waals surface area contributed by atoms with Crippen LogP contribution in [0.1, 0.15) is 31.9 Å². The minimum atomic E-state index is -0.495. The summed E-state index contributed by atoms with van der Waals surface area (Å²) in [7, 11) is 0. The van der Waals surface area contributed by atoms with E-state index in [2.05, 4.69) is 16.8 Å². The van der Waals surface area contributed by atoms with Gasteiger partial charge in [0.2, 0.25) is 5.88 Å². The summed E-state index contributed by atoms with van der Waals surface area (Å²) < 4.78 is 23.8. The topological polar surface area (TPSA) is 72.0 Å². The summed E-state index contributed by atoms with van der Waals surface area (Å²) in [4.78, 5) is 32.8. The molecule has 0 unspecified atom stereocenters. The number of aromatic nitrogens is 1. The average Bonchev–Trinajstić information content (AvgIpc) is 2.80. The number of piperazine rings is 1. The van der Waals surface area contributed by atoms with E-state index in [0.29, 0.717) is 30.2 Å². The van der Waals surface area contributed by atoms with E-state index in [1.807, 2.05) is 6.92 Å². The van der Waals surface area contributed by atoms with Crippen molar-refractivity contribution in [1.82, 2.24) is 14.8 Å². The van der Waals surface area contributed by atoms with E-state index in [0.717, 1.165) is 5.56 Å². The lowest BCUT2D eigenvalue weighted by molar-refractivity contribution is -0.139. The van der Waals surface area contributed by atoms with Gasteiger partial charge in [-0.3, -0.25) is 9.69 Å². The SMILES string of the molecule is CCOC(=O)C=Cc1cc(Cl)cnc1OCC(=O)N1C[C@H](C)N(Cc2ccc(F)cc2)C[C@H]1C. The van der Waals surface area contributed by atoms with Gasteiger partial charge in [0.05, 0.1) is 11.6 Å². The largest absolute Gasteiger partial charge is 0.467 e. The number of amides is 1. The van der Waals surface area contributed by atoms with E-state index in [-0.39, 0.29) is 42.9 Å². The lowest BCUT2D eigenvalue weighted by Crippen LogP contribution is -2.58. The molecule has 0 saturated carbocycles. The molecule has 0 aliphatic carbocycles. The molecule has 3 rings (SSSR count). The Morgan fingerprint density at radius 2 is 1.94 bits per heavy atom. The molecule has 1 aromatic carbocycles. The molecular weight excluding hydrogens is 461 g/mol. The minimum absolute atomic E-state index is 0.0193. The fourth-order valence-corrected chi connectivity index (χ4v) is 4.00. The number of hydrogen-bond donors (Lipinski definition) is 0. The molecule has 0 spiro atoms. The highest BCUT2D eigenvalue weighted by atomic mass is 35.5. The third kappa shape index (κ3) is 7.01. The van der Waals surface area contributed by atoms with Gasteiger partial charge < -0.3 is 14.4 Å². The molecule has 2 aromatic rings. The van der Waals surface area contributed by atoms with Crippen LogP contribution >= 0.6 is 11.6 Å². The first-order chi connectivity index (χ1) is 16.3. The van der Waals surface area contributed by atoms with Gasteiger partial charge in [0.1, 0.15) is 5.82 Å². The van der Waals surface area contributed by atoms with E-state index in [1.54, 1.807) is 30.0 Å². The Balaban J connectivity index is 1.60. The van der Waals surface area contributed by atoms with E-state index < -0.39 is 5.97 Å². The zero-order valence-electron chi connectivity index (χ0n) is 19.5. The molecule has 0 N–H and O–H groups in total. The quantitative estimate of drug-likeness (QED) is 0.413. The van der Waals surface area contributed by atoms with Crippen LogP contribution in [0.15, 0.2) is 42.6 Å². The maximum Gasteiger partial charge on any atom is 0.330 e. The van der Waals surface area contributed by atoms with Gasteiger partial charge in [-0.1, -0.05) is 23.7 Å². The van der Waals surface area contributed by atoms with Gasteiger partial charge in [-0.25, -0.2) is 14.2 Å². The van der Waals surface area contributed by atoms with Gasteiger partial charge in [-0.2, -0.15) is 0 Å². The maximum atomic E-state index is 13.2. The lowest BCUT2D eigenvalue weighted by atomic mass is 10.1. The second-order valence-corrected chi connectivity index (χ2v) is 8.66. The van der Waals surface area contributed by atoms with Crippen LogP contribution < -0.4 is 4.74 Å². The predicted octanol–water partition coefficient (Wildman–Crippen LogP) is 3.95. The predicted molar refractivity (Wildman–Crippen MR) is 128 cm³/mol. The third-order valence-electron chi connectivity index (χ3n) is 5.60. The van der Waals surface area contributed by atoms with Crippen LogP contribution in [0.4, 0.5) is 4.39 Å². The number of carbonyl (C=O) groups excluding carboxylic acids is 2. The number of rotatable bonds is 8. The molecule has 1 fully saturated rings. The van der Waals surface area contributed by atoms with Crippen molar-refractivity contribution < 1.29 is 23.5 Å². The van der Waals surface area contributed by atoms with Crippen molar-refractivity contribution in [1.29, 1.82) is 0 Å². The molecule has 1 aromatic heterocycles. The number of pyridine rings is 1. The Labute approximate surface area is 204 Å². The van der Waals surface area contributed by atoms with Crippen LogP contribution in [0.2, 0.25) is 5.02 Å². The van der Waals surface area contributed by atoms with Crippen molar-refractivity contribution in [3.8, 4) is 5.88 Å². The summed E-state index contributed by atoms with van der Waals surface area (Å²) in [5.41, 5.74) is 1.50. The van der Waals surface area contributed by atoms with Gasteiger partial charge in [0, 0.05) is 49.6 Å². The molecule has 7 nitrogen and oxygen atoms in total. The first-order valence-corrected chi connectivity index (χ1v) is 11.6. The summed E-state index contributed by atoms with van der Waals surface area (Å²) in [6.45, 7) is 7.79. The van der Waals surface area contributed by atoms with Gasteiger partial charge in [0.25, 0.3) is 5.91 Å². The Bertz CT molecular complexity index is 1030. The lowest BCUT2D eigenvalue weighted by Gasteiger charge is -2.44. The monoisotopic (exact) mass is 489 g/mol. The van der Waals surface area contributed by atoms with Crippen molar-refractivity contribution >= 4 is 29.6 Å². The summed E-state index contributed by atoms with van der Waals surface area (Å²) in [5, 5.41) is 0.377. The highest BCUT2D eigenvalue weighted by Gasteiger charge is 2.32. The summed E-state index contributed by atoms with van der Waals surface area (Å²) in [5.74, 6) is -0.701. The molecule has 0 radical (unpaired) electrons. The molecule has 1 aliphatic rings. The fourth-order valence-electron chi connectivity index (χ4n) is 3.83. The second kappa shape index (κ2) is 11.9.